The van der Waals surface area contributed by atoms with Crippen LogP contribution in [0.2, 0.25) is 0 Å². The van der Waals surface area contributed by atoms with Gasteiger partial charge < -0.3 is 9.84 Å². The zero-order chi connectivity index (χ0) is 11.8. The summed E-state index contributed by atoms with van der Waals surface area (Å²) in [6, 6.07) is 0. The summed E-state index contributed by atoms with van der Waals surface area (Å²) in [6.45, 7) is 5.01. The van der Waals surface area contributed by atoms with Crippen molar-refractivity contribution < 1.29 is 19.4 Å². The molecule has 0 fully saturated rings. The molecule has 0 aliphatic carbocycles. The van der Waals surface area contributed by atoms with E-state index in [1.54, 1.807) is 0 Å². The van der Waals surface area contributed by atoms with Gasteiger partial charge in [0, 0.05) is 16.6 Å². The van der Waals surface area contributed by atoms with Crippen LogP contribution < -0.4 is 0 Å². The number of esters is 1. The molecule has 15 heavy (non-hydrogen) atoms. The topological polar surface area (TPSA) is 66.8 Å². The normalized spacial score (nSPS) is 9.47. The highest BCUT2D eigenvalue weighted by atomic mass is 33.5. The molecule has 5 nitrogen and oxygen atoms in total. The SMILES string of the molecule is C=C(C)C(=O)OCCN(SSS)C(=O)O. The average Bonchev–Trinajstić information content (AvgIpc) is 2.15. The smallest absolute Gasteiger partial charge is 0.418 e. The number of nitrogens with zero attached hydrogens (tertiary/aromatic N) is 1. The number of hydrogen-bond acceptors (Lipinski definition) is 6. The molecule has 1 amide bonds. The minimum Gasteiger partial charge on any atom is -0.464 e. The zero-order valence-corrected chi connectivity index (χ0v) is 10.5. The Morgan fingerprint density at radius 1 is 1.60 bits per heavy atom. The Kier molecular flexibility index (Phi) is 7.53. The second kappa shape index (κ2) is 7.77. The molecule has 0 aromatic heterocycles. The first-order valence-corrected chi connectivity index (χ1v) is 6.96. The summed E-state index contributed by atoms with van der Waals surface area (Å²) >= 11 is 3.80. The molecule has 0 aromatic rings. The van der Waals surface area contributed by atoms with E-state index in [4.69, 9.17) is 9.84 Å². The molecule has 0 unspecified atom stereocenters. The molecular formula is C7H11NO4S3. The van der Waals surface area contributed by atoms with Gasteiger partial charge in [-0.2, -0.15) is 0 Å². The molecular weight excluding hydrogens is 258 g/mol. The molecule has 0 aliphatic rings. The summed E-state index contributed by atoms with van der Waals surface area (Å²) in [7, 11) is 1.95. The lowest BCUT2D eigenvalue weighted by Gasteiger charge is -2.15. The first-order valence-electron chi connectivity index (χ1n) is 3.80. The highest BCUT2D eigenvalue weighted by molar-refractivity contribution is 9.05. The van der Waals surface area contributed by atoms with Gasteiger partial charge in [-0.1, -0.05) is 18.2 Å². The van der Waals surface area contributed by atoms with Crippen molar-refractivity contribution in [3.8, 4) is 0 Å². The van der Waals surface area contributed by atoms with Crippen molar-refractivity contribution in [2.24, 2.45) is 0 Å². The molecule has 0 spiro atoms. The van der Waals surface area contributed by atoms with E-state index in [1.165, 1.54) is 6.92 Å². The van der Waals surface area contributed by atoms with Gasteiger partial charge in [0.1, 0.15) is 6.61 Å². The molecule has 0 bridgehead atoms. The summed E-state index contributed by atoms with van der Waals surface area (Å²) < 4.78 is 5.76. The maximum absolute atomic E-state index is 10.9. The predicted octanol–water partition coefficient (Wildman–Crippen LogP) is 2.23. The van der Waals surface area contributed by atoms with Crippen molar-refractivity contribution in [2.45, 2.75) is 6.92 Å². The summed E-state index contributed by atoms with van der Waals surface area (Å²) in [5, 5.41) is 8.68. The number of carboxylic acid groups (broad SMARTS) is 1. The number of thiol groups is 1. The maximum Gasteiger partial charge on any atom is 0.418 e. The Morgan fingerprint density at radius 3 is 2.60 bits per heavy atom. The van der Waals surface area contributed by atoms with E-state index in [1.807, 2.05) is 0 Å². The van der Waals surface area contributed by atoms with E-state index in [9.17, 15) is 9.59 Å². The monoisotopic (exact) mass is 269 g/mol. The van der Waals surface area contributed by atoms with E-state index in [0.717, 1.165) is 25.1 Å². The largest absolute Gasteiger partial charge is 0.464 e. The van der Waals surface area contributed by atoms with Gasteiger partial charge in [0.2, 0.25) is 0 Å². The lowest BCUT2D eigenvalue weighted by Crippen LogP contribution is -2.26. The van der Waals surface area contributed by atoms with Gasteiger partial charge in [-0.3, -0.25) is 0 Å². The molecule has 86 valence electrons. The Balaban J connectivity index is 3.85. The molecule has 0 aromatic carbocycles. The second-order valence-corrected chi connectivity index (χ2v) is 5.42. The van der Waals surface area contributed by atoms with Crippen LogP contribution in [0.15, 0.2) is 12.2 Å². The Hall–Kier alpha value is -0.470. The first-order chi connectivity index (χ1) is 6.99. The van der Waals surface area contributed by atoms with Crippen LogP contribution in [-0.4, -0.2) is 34.6 Å². The van der Waals surface area contributed by atoms with Crippen LogP contribution in [0, 0.1) is 0 Å². The minimum atomic E-state index is -1.10. The molecule has 0 saturated carbocycles. The fourth-order valence-electron chi connectivity index (χ4n) is 0.549. The summed E-state index contributed by atoms with van der Waals surface area (Å²) in [5.74, 6) is -0.524. The van der Waals surface area contributed by atoms with Crippen LogP contribution in [0.3, 0.4) is 0 Å². The van der Waals surface area contributed by atoms with Gasteiger partial charge >= 0.3 is 12.1 Å². The molecule has 0 heterocycles. The second-order valence-electron chi connectivity index (χ2n) is 2.45. The van der Waals surface area contributed by atoms with Crippen molar-refractivity contribution in [3.05, 3.63) is 12.2 Å². The molecule has 8 heteroatoms. The van der Waals surface area contributed by atoms with Crippen LogP contribution in [0.25, 0.3) is 0 Å². The van der Waals surface area contributed by atoms with Gasteiger partial charge in [-0.05, 0) is 16.7 Å². The molecule has 0 atom stereocenters. The van der Waals surface area contributed by atoms with Crippen molar-refractivity contribution in [2.75, 3.05) is 13.2 Å². The van der Waals surface area contributed by atoms with Crippen molar-refractivity contribution in [1.29, 1.82) is 0 Å². The molecule has 0 rings (SSSR count). The van der Waals surface area contributed by atoms with E-state index >= 15 is 0 Å². The Bertz CT molecular complexity index is 259. The zero-order valence-electron chi connectivity index (χ0n) is 8.00. The summed E-state index contributed by atoms with van der Waals surface area (Å²) in [6.07, 6.45) is -1.10. The molecule has 0 radical (unpaired) electrons. The third-order valence-corrected chi connectivity index (χ3v) is 3.14. The van der Waals surface area contributed by atoms with E-state index in [-0.39, 0.29) is 18.7 Å². The third kappa shape index (κ3) is 6.58. The Morgan fingerprint density at radius 2 is 2.20 bits per heavy atom. The summed E-state index contributed by atoms with van der Waals surface area (Å²) in [5.41, 5.74) is 0.285. The first kappa shape index (κ1) is 14.5. The molecule has 0 saturated heterocycles. The predicted molar refractivity (Wildman–Crippen MR) is 64.7 cm³/mol. The summed E-state index contributed by atoms with van der Waals surface area (Å²) in [4.78, 5) is 21.5. The highest BCUT2D eigenvalue weighted by Crippen LogP contribution is 2.28. The van der Waals surface area contributed by atoms with Crippen molar-refractivity contribution >= 4 is 44.5 Å². The van der Waals surface area contributed by atoms with Crippen molar-refractivity contribution in [1.82, 2.24) is 4.31 Å². The maximum atomic E-state index is 10.9. The number of ether oxygens (including phenoxy) is 1. The van der Waals surface area contributed by atoms with E-state index < -0.39 is 12.1 Å². The fourth-order valence-corrected chi connectivity index (χ4v) is 2.22. The van der Waals surface area contributed by atoms with Crippen LogP contribution in [0.1, 0.15) is 6.92 Å². The van der Waals surface area contributed by atoms with Gasteiger partial charge in [0.25, 0.3) is 0 Å². The van der Waals surface area contributed by atoms with Gasteiger partial charge in [0.05, 0.1) is 6.54 Å². The van der Waals surface area contributed by atoms with Gasteiger partial charge in [-0.25, -0.2) is 13.9 Å². The van der Waals surface area contributed by atoms with Crippen LogP contribution in [-0.2, 0) is 9.53 Å². The van der Waals surface area contributed by atoms with Gasteiger partial charge in [-0.15, -0.1) is 0 Å². The lowest BCUT2D eigenvalue weighted by molar-refractivity contribution is -0.139. The van der Waals surface area contributed by atoms with E-state index in [2.05, 4.69) is 18.2 Å². The van der Waals surface area contributed by atoms with Crippen LogP contribution in [0.5, 0.6) is 0 Å². The van der Waals surface area contributed by atoms with Crippen molar-refractivity contribution in [3.63, 3.8) is 0 Å². The molecule has 1 N–H and O–H groups in total. The Labute approximate surface area is 101 Å². The van der Waals surface area contributed by atoms with Crippen LogP contribution in [0.4, 0.5) is 4.79 Å². The van der Waals surface area contributed by atoms with Gasteiger partial charge in [0.15, 0.2) is 0 Å². The minimum absolute atomic E-state index is 0.000664. The molecule has 0 aliphatic heterocycles. The fraction of sp³-hybridized carbons (Fsp3) is 0.429. The number of amides is 1. The number of carbonyl (C=O) groups is 2. The lowest BCUT2D eigenvalue weighted by atomic mass is 10.4. The number of hydrogen-bond donors (Lipinski definition) is 2. The van der Waals surface area contributed by atoms with E-state index in [0.29, 0.717) is 0 Å². The average molecular weight is 269 g/mol. The number of rotatable bonds is 6. The van der Waals surface area contributed by atoms with Crippen LogP contribution >= 0.6 is 32.5 Å². The highest BCUT2D eigenvalue weighted by Gasteiger charge is 2.13. The third-order valence-electron chi connectivity index (χ3n) is 1.21. The standard InChI is InChI=1S/C7H11NO4S3/c1-5(2)6(9)12-4-3-8(7(10)11)14-15-13/h13H,1,3-4H2,2H3,(H,10,11). The number of carbonyl (C=O) groups excluding carboxylic acids is 1. The quantitative estimate of drug-likeness (QED) is 0.253.